The van der Waals surface area contributed by atoms with Gasteiger partial charge in [0, 0.05) is 12.1 Å². The van der Waals surface area contributed by atoms with Crippen LogP contribution in [-0.4, -0.2) is 22.8 Å². The van der Waals surface area contributed by atoms with Gasteiger partial charge in [-0.15, -0.1) is 6.58 Å². The van der Waals surface area contributed by atoms with Crippen molar-refractivity contribution in [3.8, 4) is 0 Å². The molecule has 0 radical (unpaired) electrons. The van der Waals surface area contributed by atoms with Gasteiger partial charge < -0.3 is 4.74 Å². The van der Waals surface area contributed by atoms with E-state index >= 15 is 0 Å². The van der Waals surface area contributed by atoms with E-state index in [1.54, 1.807) is 6.08 Å². The smallest absolute Gasteiger partial charge is 0.334 e. The van der Waals surface area contributed by atoms with Crippen molar-refractivity contribution >= 4 is 11.7 Å². The summed E-state index contributed by atoms with van der Waals surface area (Å²) in [5, 5.41) is 0. The summed E-state index contributed by atoms with van der Waals surface area (Å²) in [5.41, 5.74) is 0.742. The summed E-state index contributed by atoms with van der Waals surface area (Å²) < 4.78 is 5.57. The van der Waals surface area contributed by atoms with Gasteiger partial charge in [-0.05, 0) is 39.2 Å². The minimum absolute atomic E-state index is 0.249. The number of nitrogens with zero attached hydrogens (tertiary/aromatic N) is 1. The zero-order valence-corrected chi connectivity index (χ0v) is 13.1. The van der Waals surface area contributed by atoms with E-state index in [0.29, 0.717) is 12.8 Å². The van der Waals surface area contributed by atoms with Gasteiger partial charge in [-0.3, -0.25) is 4.99 Å². The van der Waals surface area contributed by atoms with Crippen molar-refractivity contribution in [3.05, 3.63) is 48.6 Å². The summed E-state index contributed by atoms with van der Waals surface area (Å²) in [5.74, 6) is -0.249. The molecule has 0 aromatic heterocycles. The van der Waals surface area contributed by atoms with Crippen molar-refractivity contribution < 1.29 is 9.53 Å². The summed E-state index contributed by atoms with van der Waals surface area (Å²) in [6.45, 7) is 9.40. The van der Waals surface area contributed by atoms with Crippen LogP contribution in [0.25, 0.3) is 0 Å². The van der Waals surface area contributed by atoms with E-state index in [1.807, 2.05) is 51.1 Å². The molecule has 0 amide bonds. The third-order valence-electron chi connectivity index (χ3n) is 3.49. The van der Waals surface area contributed by atoms with Crippen LogP contribution in [0.15, 0.2) is 48.0 Å². The van der Waals surface area contributed by atoms with Crippen LogP contribution in [0.4, 0.5) is 0 Å². The standard InChI is InChI=1S/C18H23NO2/c1-5-12-18(16(20)21-17(2,3)4)13-11-15(19-18)14-9-7-6-8-10-14/h5-10H,1,11-13H2,2-4H3/t18-/m0/s1. The first-order chi connectivity index (χ1) is 9.86. The summed E-state index contributed by atoms with van der Waals surface area (Å²) >= 11 is 0. The lowest BCUT2D eigenvalue weighted by atomic mass is 9.92. The maximum atomic E-state index is 12.6. The Hall–Kier alpha value is -1.90. The average Bonchev–Trinajstić information content (AvgIpc) is 2.84. The molecule has 112 valence electrons. The van der Waals surface area contributed by atoms with Crippen LogP contribution in [0, 0.1) is 0 Å². The van der Waals surface area contributed by atoms with Gasteiger partial charge in [-0.2, -0.15) is 0 Å². The Morgan fingerprint density at radius 3 is 2.62 bits per heavy atom. The molecule has 0 unspecified atom stereocenters. The van der Waals surface area contributed by atoms with Gasteiger partial charge in [0.2, 0.25) is 0 Å². The fraction of sp³-hybridized carbons (Fsp3) is 0.444. The van der Waals surface area contributed by atoms with Crippen molar-refractivity contribution in [2.24, 2.45) is 4.99 Å². The third-order valence-corrected chi connectivity index (χ3v) is 3.49. The highest BCUT2D eigenvalue weighted by molar-refractivity contribution is 6.04. The zero-order valence-electron chi connectivity index (χ0n) is 13.1. The second kappa shape index (κ2) is 5.84. The minimum atomic E-state index is -0.805. The van der Waals surface area contributed by atoms with Crippen LogP contribution >= 0.6 is 0 Å². The van der Waals surface area contributed by atoms with Crippen LogP contribution in [0.3, 0.4) is 0 Å². The molecule has 1 heterocycles. The first-order valence-corrected chi connectivity index (χ1v) is 7.35. The highest BCUT2D eigenvalue weighted by Gasteiger charge is 2.44. The number of hydrogen-bond acceptors (Lipinski definition) is 3. The van der Waals surface area contributed by atoms with E-state index in [2.05, 4.69) is 6.58 Å². The van der Waals surface area contributed by atoms with E-state index in [1.165, 1.54) is 0 Å². The molecule has 0 fully saturated rings. The molecule has 21 heavy (non-hydrogen) atoms. The van der Waals surface area contributed by atoms with Crippen LogP contribution in [0.5, 0.6) is 0 Å². The Bertz CT molecular complexity index is 554. The highest BCUT2D eigenvalue weighted by Crippen LogP contribution is 2.34. The molecule has 0 spiro atoms. The first kappa shape index (κ1) is 15.5. The number of ether oxygens (including phenoxy) is 1. The normalized spacial score (nSPS) is 21.8. The van der Waals surface area contributed by atoms with Gasteiger partial charge in [0.15, 0.2) is 5.54 Å². The number of hydrogen-bond donors (Lipinski definition) is 0. The van der Waals surface area contributed by atoms with Crippen LogP contribution < -0.4 is 0 Å². The Morgan fingerprint density at radius 2 is 2.05 bits per heavy atom. The molecule has 1 aromatic rings. The van der Waals surface area contributed by atoms with E-state index in [0.717, 1.165) is 17.7 Å². The van der Waals surface area contributed by atoms with Crippen LogP contribution in [-0.2, 0) is 9.53 Å². The fourth-order valence-electron chi connectivity index (χ4n) is 2.53. The maximum absolute atomic E-state index is 12.6. The van der Waals surface area contributed by atoms with E-state index in [9.17, 15) is 4.79 Å². The van der Waals surface area contributed by atoms with Gasteiger partial charge >= 0.3 is 5.97 Å². The molecular weight excluding hydrogens is 262 g/mol. The molecule has 0 saturated carbocycles. The van der Waals surface area contributed by atoms with E-state index in [-0.39, 0.29) is 5.97 Å². The third kappa shape index (κ3) is 3.60. The second-order valence-electron chi connectivity index (χ2n) is 6.45. The molecular formula is C18H23NO2. The Labute approximate surface area is 126 Å². The second-order valence-corrected chi connectivity index (χ2v) is 6.45. The molecule has 1 aromatic carbocycles. The molecule has 3 heteroatoms. The topological polar surface area (TPSA) is 38.7 Å². The van der Waals surface area contributed by atoms with Gasteiger partial charge in [-0.25, -0.2) is 4.79 Å². The molecule has 2 rings (SSSR count). The van der Waals surface area contributed by atoms with Gasteiger partial charge in [-0.1, -0.05) is 36.4 Å². The molecule has 0 N–H and O–H groups in total. The van der Waals surface area contributed by atoms with Gasteiger partial charge in [0.25, 0.3) is 0 Å². The quantitative estimate of drug-likeness (QED) is 0.621. The monoisotopic (exact) mass is 285 g/mol. The summed E-state index contributed by atoms with van der Waals surface area (Å²) in [4.78, 5) is 17.3. The number of carbonyl (C=O) groups excluding carboxylic acids is 1. The van der Waals surface area contributed by atoms with E-state index in [4.69, 9.17) is 9.73 Å². The maximum Gasteiger partial charge on any atom is 0.334 e. The molecule has 3 nitrogen and oxygen atoms in total. The minimum Gasteiger partial charge on any atom is -0.458 e. The van der Waals surface area contributed by atoms with Crippen molar-refractivity contribution in [2.45, 2.75) is 51.2 Å². The lowest BCUT2D eigenvalue weighted by Gasteiger charge is -2.28. The lowest BCUT2D eigenvalue weighted by molar-refractivity contribution is -0.161. The molecule has 0 aliphatic carbocycles. The molecule has 1 aliphatic heterocycles. The summed E-state index contributed by atoms with van der Waals surface area (Å²) in [7, 11) is 0. The molecule has 1 aliphatic rings. The highest BCUT2D eigenvalue weighted by atomic mass is 16.6. The number of carbonyl (C=O) groups is 1. The molecule has 0 saturated heterocycles. The van der Waals surface area contributed by atoms with Crippen molar-refractivity contribution in [1.82, 2.24) is 0 Å². The van der Waals surface area contributed by atoms with Crippen molar-refractivity contribution in [2.75, 3.05) is 0 Å². The fourth-order valence-corrected chi connectivity index (χ4v) is 2.53. The first-order valence-electron chi connectivity index (χ1n) is 7.35. The van der Waals surface area contributed by atoms with Crippen LogP contribution in [0.1, 0.15) is 45.6 Å². The van der Waals surface area contributed by atoms with Gasteiger partial charge in [0.05, 0.1) is 0 Å². The zero-order chi connectivity index (χ0) is 15.5. The van der Waals surface area contributed by atoms with E-state index < -0.39 is 11.1 Å². The average molecular weight is 285 g/mol. The van der Waals surface area contributed by atoms with Gasteiger partial charge in [0.1, 0.15) is 5.60 Å². The predicted molar refractivity (Wildman–Crippen MR) is 85.6 cm³/mol. The Morgan fingerprint density at radius 1 is 1.38 bits per heavy atom. The van der Waals surface area contributed by atoms with Crippen molar-refractivity contribution in [3.63, 3.8) is 0 Å². The van der Waals surface area contributed by atoms with Crippen LogP contribution in [0.2, 0.25) is 0 Å². The number of aliphatic imine (C=N–C) groups is 1. The van der Waals surface area contributed by atoms with Crippen molar-refractivity contribution in [1.29, 1.82) is 0 Å². The number of benzene rings is 1. The predicted octanol–water partition coefficient (Wildman–Crippen LogP) is 3.93. The lowest BCUT2D eigenvalue weighted by Crippen LogP contribution is -2.40. The molecule has 0 bridgehead atoms. The Kier molecular flexibility index (Phi) is 4.31. The largest absolute Gasteiger partial charge is 0.458 e. The molecule has 1 atom stereocenters. The number of rotatable bonds is 4. The summed E-state index contributed by atoms with van der Waals surface area (Å²) in [6.07, 6.45) is 3.73. The Balaban J connectivity index is 2.30. The SMILES string of the molecule is C=CC[C@@]1(C(=O)OC(C)(C)C)CCC(c2ccccc2)=N1. The summed E-state index contributed by atoms with van der Waals surface area (Å²) in [6, 6.07) is 10.00. The number of esters is 1.